The molecule has 6 heteroatoms. The number of nitrogens with one attached hydrogen (secondary N) is 1. The molecule has 1 amide bonds. The number of carbonyl (C=O) groups is 3. The SMILES string of the molecule is CCOc1ccccc1C(=O)CC(NC(C)=O)C(=O)O. The molecule has 108 valence electrons. The van der Waals surface area contributed by atoms with E-state index < -0.39 is 23.7 Å². The average molecular weight is 279 g/mol. The summed E-state index contributed by atoms with van der Waals surface area (Å²) >= 11 is 0. The Hall–Kier alpha value is -2.37. The van der Waals surface area contributed by atoms with Crippen LogP contribution in [0.5, 0.6) is 5.75 Å². The molecule has 2 N–H and O–H groups in total. The second-order valence-electron chi connectivity index (χ2n) is 4.15. The molecule has 1 aromatic rings. The van der Waals surface area contributed by atoms with E-state index in [4.69, 9.17) is 9.84 Å². The Morgan fingerprint density at radius 1 is 1.30 bits per heavy atom. The number of carbonyl (C=O) groups excluding carboxylic acids is 2. The number of Topliss-reactive ketones (excluding diaryl/α,β-unsaturated/α-hetero) is 1. The molecule has 1 rings (SSSR count). The number of aliphatic carboxylic acids is 1. The summed E-state index contributed by atoms with van der Waals surface area (Å²) in [5.41, 5.74) is 0.311. The first-order valence-corrected chi connectivity index (χ1v) is 6.20. The first-order chi connectivity index (χ1) is 9.45. The Morgan fingerprint density at radius 2 is 1.95 bits per heavy atom. The van der Waals surface area contributed by atoms with Gasteiger partial charge in [0.2, 0.25) is 5.91 Å². The third kappa shape index (κ3) is 4.38. The van der Waals surface area contributed by atoms with Crippen molar-refractivity contribution in [3.63, 3.8) is 0 Å². The Kier molecular flexibility index (Phi) is 5.71. The standard InChI is InChI=1S/C14H17NO5/c1-3-20-13-7-5-4-6-10(13)12(17)8-11(14(18)19)15-9(2)16/h4-7,11H,3,8H2,1-2H3,(H,15,16)(H,18,19). The smallest absolute Gasteiger partial charge is 0.326 e. The van der Waals surface area contributed by atoms with Gasteiger partial charge in [-0.1, -0.05) is 12.1 Å². The fraction of sp³-hybridized carbons (Fsp3) is 0.357. The zero-order chi connectivity index (χ0) is 15.1. The maximum Gasteiger partial charge on any atom is 0.326 e. The molecule has 0 aliphatic carbocycles. The molecular formula is C14H17NO5. The number of ether oxygens (including phenoxy) is 1. The maximum atomic E-state index is 12.1. The first-order valence-electron chi connectivity index (χ1n) is 6.20. The van der Waals surface area contributed by atoms with Crippen LogP contribution in [0.4, 0.5) is 0 Å². The normalized spacial score (nSPS) is 11.5. The molecule has 0 aliphatic rings. The summed E-state index contributed by atoms with van der Waals surface area (Å²) in [4.78, 5) is 34.1. The monoisotopic (exact) mass is 279 g/mol. The van der Waals surface area contributed by atoms with E-state index in [1.165, 1.54) is 6.92 Å². The zero-order valence-electron chi connectivity index (χ0n) is 11.4. The largest absolute Gasteiger partial charge is 0.493 e. The van der Waals surface area contributed by atoms with Crippen molar-refractivity contribution in [3.05, 3.63) is 29.8 Å². The van der Waals surface area contributed by atoms with Gasteiger partial charge in [0.25, 0.3) is 0 Å². The van der Waals surface area contributed by atoms with Crippen molar-refractivity contribution in [2.24, 2.45) is 0 Å². The van der Waals surface area contributed by atoms with Crippen LogP contribution in [0.3, 0.4) is 0 Å². The summed E-state index contributed by atoms with van der Waals surface area (Å²) < 4.78 is 5.33. The number of hydrogen-bond acceptors (Lipinski definition) is 4. The van der Waals surface area contributed by atoms with Crippen LogP contribution in [-0.4, -0.2) is 35.4 Å². The Morgan fingerprint density at radius 3 is 2.50 bits per heavy atom. The average Bonchev–Trinajstić information content (AvgIpc) is 2.38. The highest BCUT2D eigenvalue weighted by molar-refractivity contribution is 6.01. The Labute approximate surface area is 116 Å². The van der Waals surface area contributed by atoms with E-state index >= 15 is 0 Å². The second kappa shape index (κ2) is 7.28. The molecule has 6 nitrogen and oxygen atoms in total. The minimum Gasteiger partial charge on any atom is -0.493 e. The number of hydrogen-bond donors (Lipinski definition) is 2. The van der Waals surface area contributed by atoms with Crippen LogP contribution in [0.1, 0.15) is 30.6 Å². The lowest BCUT2D eigenvalue weighted by Crippen LogP contribution is -2.41. The third-order valence-electron chi connectivity index (χ3n) is 2.55. The third-order valence-corrected chi connectivity index (χ3v) is 2.55. The Bertz CT molecular complexity index is 512. The summed E-state index contributed by atoms with van der Waals surface area (Å²) in [6.07, 6.45) is -0.320. The molecule has 0 radical (unpaired) electrons. The van der Waals surface area contributed by atoms with Gasteiger partial charge in [-0.05, 0) is 19.1 Å². The lowest BCUT2D eigenvalue weighted by Gasteiger charge is -2.14. The van der Waals surface area contributed by atoms with Crippen molar-refractivity contribution < 1.29 is 24.2 Å². The van der Waals surface area contributed by atoms with Crippen LogP contribution in [0.25, 0.3) is 0 Å². The molecule has 1 unspecified atom stereocenters. The van der Waals surface area contributed by atoms with Crippen LogP contribution >= 0.6 is 0 Å². The topological polar surface area (TPSA) is 92.7 Å². The van der Waals surface area contributed by atoms with E-state index in [1.807, 2.05) is 0 Å². The number of amides is 1. The molecule has 0 aromatic heterocycles. The van der Waals surface area contributed by atoms with Gasteiger partial charge in [0.05, 0.1) is 12.2 Å². The number of ketones is 1. The predicted molar refractivity (Wildman–Crippen MR) is 71.8 cm³/mol. The molecule has 20 heavy (non-hydrogen) atoms. The van der Waals surface area contributed by atoms with E-state index in [-0.39, 0.29) is 6.42 Å². The molecule has 1 atom stereocenters. The van der Waals surface area contributed by atoms with E-state index in [0.717, 1.165) is 0 Å². The Balaban J connectivity index is 2.88. The predicted octanol–water partition coefficient (Wildman–Crippen LogP) is 1.25. The number of carboxylic acid groups (broad SMARTS) is 1. The van der Waals surface area contributed by atoms with E-state index in [9.17, 15) is 14.4 Å². The summed E-state index contributed by atoms with van der Waals surface area (Å²) in [7, 11) is 0. The number of carboxylic acids is 1. The van der Waals surface area contributed by atoms with Gasteiger partial charge in [-0.25, -0.2) is 4.79 Å². The van der Waals surface area contributed by atoms with Gasteiger partial charge in [0, 0.05) is 13.3 Å². The maximum absolute atomic E-state index is 12.1. The van der Waals surface area contributed by atoms with E-state index in [2.05, 4.69) is 5.32 Å². The van der Waals surface area contributed by atoms with Crippen LogP contribution in [-0.2, 0) is 9.59 Å². The molecule has 1 aromatic carbocycles. The fourth-order valence-electron chi connectivity index (χ4n) is 1.72. The fourth-order valence-corrected chi connectivity index (χ4v) is 1.72. The van der Waals surface area contributed by atoms with Gasteiger partial charge in [-0.2, -0.15) is 0 Å². The van der Waals surface area contributed by atoms with Gasteiger partial charge in [-0.15, -0.1) is 0 Å². The minimum absolute atomic E-state index is 0.311. The lowest BCUT2D eigenvalue weighted by atomic mass is 10.0. The van der Waals surface area contributed by atoms with Crippen LogP contribution in [0.2, 0.25) is 0 Å². The summed E-state index contributed by atoms with van der Waals surface area (Å²) in [5.74, 6) is -1.73. The van der Waals surface area contributed by atoms with Gasteiger partial charge >= 0.3 is 5.97 Å². The van der Waals surface area contributed by atoms with Crippen LogP contribution in [0, 0.1) is 0 Å². The van der Waals surface area contributed by atoms with Gasteiger partial charge in [0.15, 0.2) is 5.78 Å². The van der Waals surface area contributed by atoms with Crippen LogP contribution in [0.15, 0.2) is 24.3 Å². The van der Waals surface area contributed by atoms with Crippen molar-refractivity contribution in [2.75, 3.05) is 6.61 Å². The van der Waals surface area contributed by atoms with Gasteiger partial charge in [-0.3, -0.25) is 9.59 Å². The van der Waals surface area contributed by atoms with Crippen molar-refractivity contribution in [1.82, 2.24) is 5.32 Å². The van der Waals surface area contributed by atoms with Crippen LogP contribution < -0.4 is 10.1 Å². The molecule has 0 heterocycles. The molecule has 0 fully saturated rings. The summed E-state index contributed by atoms with van der Waals surface area (Å²) in [6.45, 7) is 3.39. The quantitative estimate of drug-likeness (QED) is 0.733. The zero-order valence-corrected chi connectivity index (χ0v) is 11.4. The number of rotatable bonds is 7. The summed E-state index contributed by atoms with van der Waals surface area (Å²) in [6, 6.07) is 5.37. The molecular weight excluding hydrogens is 262 g/mol. The van der Waals surface area contributed by atoms with Gasteiger partial charge in [0.1, 0.15) is 11.8 Å². The summed E-state index contributed by atoms with van der Waals surface area (Å²) in [5, 5.41) is 11.2. The highest BCUT2D eigenvalue weighted by Gasteiger charge is 2.24. The van der Waals surface area contributed by atoms with Crippen molar-refractivity contribution in [1.29, 1.82) is 0 Å². The van der Waals surface area contributed by atoms with E-state index in [0.29, 0.717) is 17.9 Å². The first kappa shape index (κ1) is 15.7. The molecule has 0 saturated carbocycles. The molecule has 0 saturated heterocycles. The number of para-hydroxylation sites is 1. The second-order valence-corrected chi connectivity index (χ2v) is 4.15. The minimum atomic E-state index is -1.25. The number of benzene rings is 1. The molecule has 0 bridgehead atoms. The molecule has 0 spiro atoms. The van der Waals surface area contributed by atoms with Crippen molar-refractivity contribution in [3.8, 4) is 5.75 Å². The van der Waals surface area contributed by atoms with Crippen molar-refractivity contribution >= 4 is 17.7 Å². The lowest BCUT2D eigenvalue weighted by molar-refractivity contribution is -0.141. The highest BCUT2D eigenvalue weighted by atomic mass is 16.5. The van der Waals surface area contributed by atoms with E-state index in [1.54, 1.807) is 31.2 Å². The molecule has 0 aliphatic heterocycles. The van der Waals surface area contributed by atoms with Crippen molar-refractivity contribution in [2.45, 2.75) is 26.3 Å². The van der Waals surface area contributed by atoms with Gasteiger partial charge < -0.3 is 15.2 Å². The highest BCUT2D eigenvalue weighted by Crippen LogP contribution is 2.20.